The zero-order chi connectivity index (χ0) is 20.7. The maximum absolute atomic E-state index is 10.3. The Morgan fingerprint density at radius 1 is 1.32 bits per heavy atom. The Hall–Kier alpha value is 1.05. The Balaban J connectivity index is 2.20. The molecule has 2 aliphatic rings. The Labute approximate surface area is 189 Å². The monoisotopic (exact) mass is 575 g/mol. The molecule has 168 valence electrons. The van der Waals surface area contributed by atoms with Gasteiger partial charge in [-0.25, -0.2) is 0 Å². The number of rotatable bonds is 3. The van der Waals surface area contributed by atoms with Crippen LogP contribution in [0.15, 0.2) is 0 Å². The first-order valence-corrected chi connectivity index (χ1v) is 16.1. The molecule has 0 aromatic heterocycles. The zero-order valence-corrected chi connectivity index (χ0v) is 22.5. The van der Waals surface area contributed by atoms with Crippen LogP contribution >= 0.6 is 36.0 Å². The number of hydrogen-bond acceptors (Lipinski definition) is 3. The van der Waals surface area contributed by atoms with Crippen LogP contribution in [0, 0.1) is 11.8 Å². The number of aliphatic hydroxyl groups is 1. The van der Waals surface area contributed by atoms with Crippen molar-refractivity contribution in [1.29, 1.82) is 0 Å². The van der Waals surface area contributed by atoms with Gasteiger partial charge in [-0.05, 0) is 0 Å². The number of ether oxygens (including phenoxy) is 1. The van der Waals surface area contributed by atoms with Crippen LogP contribution in [-0.4, -0.2) is 59.5 Å². The third kappa shape index (κ3) is 8.29. The number of halogens is 2. The number of quaternary nitrogens is 1. The summed E-state index contributed by atoms with van der Waals surface area (Å²) in [5, 5.41) is 12.6. The summed E-state index contributed by atoms with van der Waals surface area (Å²) in [7, 11) is 0. The third-order valence-electron chi connectivity index (χ3n) is 6.11. The summed E-state index contributed by atoms with van der Waals surface area (Å²) in [6.45, 7) is 15.5. The molecule has 0 amide bonds. The fraction of sp³-hybridized carbons (Fsp3) is 1.00. The van der Waals surface area contributed by atoms with Gasteiger partial charge in [-0.1, -0.05) is 0 Å². The standard InChI is InChI=1S/C22H44BrIN2O2/c1-6-26-13-12-25-16-21(27)28-22(4,5)10-7-8-18(14-17(2)3)20-15-19(23)9-11-24(20)26/h17-21,25,27H,6-16H2,1-5H3/p+1. The van der Waals surface area contributed by atoms with Crippen molar-refractivity contribution in [3.05, 3.63) is 0 Å². The molecule has 0 aromatic rings. The van der Waals surface area contributed by atoms with Gasteiger partial charge in [0.05, 0.1) is 0 Å². The first-order valence-electron chi connectivity index (χ1n) is 11.4. The normalized spacial score (nSPS) is 35.4. The van der Waals surface area contributed by atoms with Crippen molar-refractivity contribution in [3.8, 4) is 0 Å². The summed E-state index contributed by atoms with van der Waals surface area (Å²) >= 11 is 2.83. The van der Waals surface area contributed by atoms with E-state index in [0.717, 1.165) is 33.6 Å². The second-order valence-electron chi connectivity index (χ2n) is 9.63. The van der Waals surface area contributed by atoms with Crippen molar-refractivity contribution in [3.63, 3.8) is 0 Å². The summed E-state index contributed by atoms with van der Waals surface area (Å²) in [6.07, 6.45) is 7.04. The molecule has 4 atom stereocenters. The van der Waals surface area contributed by atoms with Gasteiger partial charge in [0, 0.05) is 0 Å². The van der Waals surface area contributed by atoms with E-state index in [1.807, 2.05) is 0 Å². The van der Waals surface area contributed by atoms with Gasteiger partial charge in [-0.3, -0.25) is 0 Å². The number of likely N-dealkylation sites (N-methyl/N-ethyl adjacent to an activating group) is 1. The average Bonchev–Trinajstić information content (AvgIpc) is 2.60. The molecule has 0 aromatic carbocycles. The third-order valence-corrected chi connectivity index (χ3v) is 15.0. The molecule has 0 aliphatic carbocycles. The van der Waals surface area contributed by atoms with Crippen molar-refractivity contribution in [2.24, 2.45) is 11.8 Å². The number of nitrogens with zero attached hydrogens (tertiary/aromatic N) is 1. The predicted octanol–water partition coefficient (Wildman–Crippen LogP) is 4.18. The Morgan fingerprint density at radius 2 is 2.07 bits per heavy atom. The molecule has 2 saturated heterocycles. The minimum absolute atomic E-state index is 0.238. The van der Waals surface area contributed by atoms with Gasteiger partial charge in [0.15, 0.2) is 0 Å². The van der Waals surface area contributed by atoms with E-state index < -0.39 is 26.4 Å². The van der Waals surface area contributed by atoms with Gasteiger partial charge < -0.3 is 0 Å². The fourth-order valence-electron chi connectivity index (χ4n) is 4.76. The molecule has 3 N–H and O–H groups in total. The van der Waals surface area contributed by atoms with Crippen molar-refractivity contribution >= 4 is 36.0 Å². The topological polar surface area (TPSA) is 49.3 Å². The molecule has 28 heavy (non-hydrogen) atoms. The van der Waals surface area contributed by atoms with E-state index in [4.69, 9.17) is 4.74 Å². The molecule has 0 spiro atoms. The van der Waals surface area contributed by atoms with E-state index in [1.54, 1.807) is 0 Å². The fourth-order valence-corrected chi connectivity index (χ4v) is 15.6. The molecular formula is C22H45BrIN2O2+. The maximum atomic E-state index is 10.3. The quantitative estimate of drug-likeness (QED) is 0.301. The Morgan fingerprint density at radius 3 is 2.75 bits per heavy atom. The molecule has 6 heteroatoms. The van der Waals surface area contributed by atoms with E-state index >= 15 is 0 Å². The minimum atomic E-state index is -1.16. The SMILES string of the molecule is CCN1CC[NH2+]CC(O)OC(C)(C)CCCC(CC(C)C)C2CC(Br)CCI21. The van der Waals surface area contributed by atoms with Crippen molar-refractivity contribution in [2.75, 3.05) is 30.6 Å². The van der Waals surface area contributed by atoms with Gasteiger partial charge in [0.1, 0.15) is 0 Å². The van der Waals surface area contributed by atoms with Gasteiger partial charge in [-0.2, -0.15) is 0 Å². The summed E-state index contributed by atoms with van der Waals surface area (Å²) < 4.78 is 11.3. The van der Waals surface area contributed by atoms with Crippen LogP contribution in [0.3, 0.4) is 0 Å². The molecule has 2 heterocycles. The average molecular weight is 576 g/mol. The Kier molecular flexibility index (Phi) is 11.0. The van der Waals surface area contributed by atoms with Crippen LogP contribution in [0.25, 0.3) is 0 Å². The molecule has 0 radical (unpaired) electrons. The van der Waals surface area contributed by atoms with Crippen LogP contribution < -0.4 is 5.32 Å². The molecule has 0 bridgehead atoms. The number of nitrogens with two attached hydrogens (primary N) is 1. The van der Waals surface area contributed by atoms with E-state index in [-0.39, 0.29) is 5.60 Å². The predicted molar refractivity (Wildman–Crippen MR) is 131 cm³/mol. The van der Waals surface area contributed by atoms with Crippen LogP contribution in [0.5, 0.6) is 0 Å². The van der Waals surface area contributed by atoms with Crippen molar-refractivity contribution < 1.29 is 15.2 Å². The van der Waals surface area contributed by atoms with Gasteiger partial charge in [0.25, 0.3) is 0 Å². The summed E-state index contributed by atoms with van der Waals surface area (Å²) in [5.41, 5.74) is -0.238. The number of aliphatic hydroxyl groups excluding tert-OH is 1. The van der Waals surface area contributed by atoms with Gasteiger partial charge >= 0.3 is 191 Å². The first-order chi connectivity index (χ1) is 13.2. The van der Waals surface area contributed by atoms with Crippen molar-refractivity contribution in [2.45, 2.75) is 93.8 Å². The second-order valence-corrected chi connectivity index (χ2v) is 17.1. The Bertz CT molecular complexity index is 452. The van der Waals surface area contributed by atoms with Gasteiger partial charge in [0.2, 0.25) is 0 Å². The molecular weight excluding hydrogens is 531 g/mol. The van der Waals surface area contributed by atoms with E-state index in [9.17, 15) is 5.11 Å². The second kappa shape index (κ2) is 12.2. The molecule has 4 unspecified atom stereocenters. The zero-order valence-electron chi connectivity index (χ0n) is 18.8. The van der Waals surface area contributed by atoms with Gasteiger partial charge in [-0.15, -0.1) is 0 Å². The molecule has 4 nitrogen and oxygen atoms in total. The first kappa shape index (κ1) is 25.3. The number of alkyl halides is 3. The molecule has 2 aliphatic heterocycles. The van der Waals surface area contributed by atoms with Crippen LogP contribution in [0.2, 0.25) is 0 Å². The van der Waals surface area contributed by atoms with Crippen LogP contribution in [-0.2, 0) is 4.74 Å². The number of hydrogen-bond donors (Lipinski definition) is 2. The molecule has 0 saturated carbocycles. The summed E-state index contributed by atoms with van der Waals surface area (Å²) in [5.74, 6) is 1.62. The van der Waals surface area contributed by atoms with Crippen LogP contribution in [0.4, 0.5) is 0 Å². The van der Waals surface area contributed by atoms with E-state index in [0.29, 0.717) is 6.54 Å². The number of fused-ring (bicyclic) bond motifs is 1. The summed E-state index contributed by atoms with van der Waals surface area (Å²) in [6, 6.07) is 0. The molecule has 2 fully saturated rings. The van der Waals surface area contributed by atoms with E-state index in [1.165, 1.54) is 49.6 Å². The molecule has 2 rings (SSSR count). The van der Waals surface area contributed by atoms with Crippen molar-refractivity contribution in [1.82, 2.24) is 3.11 Å². The summed E-state index contributed by atoms with van der Waals surface area (Å²) in [4.78, 5) is 0.722. The van der Waals surface area contributed by atoms with Crippen LogP contribution in [0.1, 0.15) is 73.1 Å². The van der Waals surface area contributed by atoms with E-state index in [2.05, 4.69) is 59.0 Å².